The Labute approximate surface area is 99.8 Å². The van der Waals surface area contributed by atoms with Crippen LogP contribution in [0.4, 0.5) is 0 Å². The number of nitro groups is 1. The van der Waals surface area contributed by atoms with Gasteiger partial charge in [-0.05, 0) is 19.3 Å². The molecule has 1 atom stereocenters. The van der Waals surface area contributed by atoms with Crippen LogP contribution in [0.1, 0.15) is 19.3 Å². The van der Waals surface area contributed by atoms with E-state index < -0.39 is 4.92 Å². The highest BCUT2D eigenvalue weighted by atomic mass is 16.6. The van der Waals surface area contributed by atoms with Crippen molar-refractivity contribution in [2.75, 3.05) is 20.1 Å². The van der Waals surface area contributed by atoms with Crippen LogP contribution in [0.2, 0.25) is 0 Å². The zero-order chi connectivity index (χ0) is 12.8. The molecule has 0 bridgehead atoms. The van der Waals surface area contributed by atoms with Gasteiger partial charge in [-0.1, -0.05) is 0 Å². The molecule has 0 amide bonds. The maximum Gasteiger partial charge on any atom is 0.326 e. The molecule has 17 heavy (non-hydrogen) atoms. The Morgan fingerprint density at radius 2 is 2.29 bits per heavy atom. The first-order valence-corrected chi connectivity index (χ1v) is 5.56. The normalized spacial score (nSPS) is 23.4. The standard InChI is InChI=1S/C10H18N4O3/c1-12-10(9(7-11)14(16)17)13-5-2-3-8(15)4-6-13/h7-8,15H,2-6,11H2,1H3/b9-7+,12-10?. The van der Waals surface area contributed by atoms with Gasteiger partial charge in [0.2, 0.25) is 5.84 Å². The lowest BCUT2D eigenvalue weighted by Gasteiger charge is -2.21. The van der Waals surface area contributed by atoms with Gasteiger partial charge in [-0.25, -0.2) is 0 Å². The van der Waals surface area contributed by atoms with E-state index in [0.29, 0.717) is 25.9 Å². The smallest absolute Gasteiger partial charge is 0.326 e. The van der Waals surface area contributed by atoms with Crippen LogP contribution in [0.15, 0.2) is 16.9 Å². The molecule has 1 unspecified atom stereocenters. The first-order chi connectivity index (χ1) is 8.10. The van der Waals surface area contributed by atoms with Crippen molar-refractivity contribution in [3.8, 4) is 0 Å². The van der Waals surface area contributed by atoms with Gasteiger partial charge in [0.25, 0.3) is 0 Å². The fourth-order valence-corrected chi connectivity index (χ4v) is 1.93. The average Bonchev–Trinajstić information content (AvgIpc) is 2.50. The number of hydrogen-bond donors (Lipinski definition) is 2. The molecule has 0 saturated carbocycles. The van der Waals surface area contributed by atoms with E-state index >= 15 is 0 Å². The largest absolute Gasteiger partial charge is 0.399 e. The summed E-state index contributed by atoms with van der Waals surface area (Å²) in [5, 5.41) is 20.4. The summed E-state index contributed by atoms with van der Waals surface area (Å²) < 4.78 is 0. The van der Waals surface area contributed by atoms with E-state index in [4.69, 9.17) is 5.73 Å². The fraction of sp³-hybridized carbons (Fsp3) is 0.700. The van der Waals surface area contributed by atoms with Gasteiger partial charge in [0.1, 0.15) is 0 Å². The second-order valence-electron chi connectivity index (χ2n) is 3.93. The minimum absolute atomic E-state index is 0.191. The van der Waals surface area contributed by atoms with E-state index in [2.05, 4.69) is 4.99 Å². The number of amidine groups is 1. The van der Waals surface area contributed by atoms with Crippen molar-refractivity contribution in [2.24, 2.45) is 10.7 Å². The maximum atomic E-state index is 10.8. The Morgan fingerprint density at radius 1 is 1.59 bits per heavy atom. The molecule has 1 heterocycles. The Balaban J connectivity index is 2.84. The van der Waals surface area contributed by atoms with Crippen molar-refractivity contribution in [3.05, 3.63) is 22.0 Å². The zero-order valence-electron chi connectivity index (χ0n) is 9.87. The molecule has 0 aromatic carbocycles. The summed E-state index contributed by atoms with van der Waals surface area (Å²) in [5.74, 6) is 0.284. The van der Waals surface area contributed by atoms with Gasteiger partial charge < -0.3 is 15.7 Å². The molecular formula is C10H18N4O3. The third-order valence-electron chi connectivity index (χ3n) is 2.79. The van der Waals surface area contributed by atoms with E-state index in [0.717, 1.165) is 12.6 Å². The van der Waals surface area contributed by atoms with Crippen LogP contribution in [0, 0.1) is 10.1 Å². The van der Waals surface area contributed by atoms with E-state index in [9.17, 15) is 15.2 Å². The summed E-state index contributed by atoms with van der Waals surface area (Å²) in [6.45, 7) is 1.20. The molecule has 1 rings (SSSR count). The Hall–Kier alpha value is -1.63. The number of nitrogens with two attached hydrogens (primary N) is 1. The van der Waals surface area contributed by atoms with Gasteiger partial charge in [0, 0.05) is 20.1 Å². The monoisotopic (exact) mass is 242 g/mol. The highest BCUT2D eigenvalue weighted by Crippen LogP contribution is 2.14. The van der Waals surface area contributed by atoms with Crippen LogP contribution in [0.3, 0.4) is 0 Å². The molecule has 1 aliphatic rings. The van der Waals surface area contributed by atoms with Crippen LogP contribution in [-0.4, -0.2) is 47.0 Å². The molecule has 0 radical (unpaired) electrons. The second kappa shape index (κ2) is 6.19. The fourth-order valence-electron chi connectivity index (χ4n) is 1.93. The molecule has 7 nitrogen and oxygen atoms in total. The molecule has 0 aromatic heterocycles. The number of rotatable bonds is 2. The van der Waals surface area contributed by atoms with Crippen LogP contribution < -0.4 is 5.73 Å². The van der Waals surface area contributed by atoms with E-state index in [1.54, 1.807) is 4.90 Å². The van der Waals surface area contributed by atoms with Crippen molar-refractivity contribution in [2.45, 2.75) is 25.4 Å². The van der Waals surface area contributed by atoms with Gasteiger partial charge in [0.05, 0.1) is 17.2 Å². The predicted molar refractivity (Wildman–Crippen MR) is 64.1 cm³/mol. The lowest BCUT2D eigenvalue weighted by Crippen LogP contribution is -2.36. The van der Waals surface area contributed by atoms with Gasteiger partial charge in [-0.15, -0.1) is 0 Å². The summed E-state index contributed by atoms with van der Waals surface area (Å²) >= 11 is 0. The number of hydrogen-bond acceptors (Lipinski definition) is 5. The Kier molecular flexibility index (Phi) is 4.89. The molecule has 3 N–H and O–H groups in total. The van der Waals surface area contributed by atoms with E-state index in [-0.39, 0.29) is 17.6 Å². The summed E-state index contributed by atoms with van der Waals surface area (Å²) in [6.07, 6.45) is 2.72. The van der Waals surface area contributed by atoms with Gasteiger partial charge in [-0.2, -0.15) is 0 Å². The molecule has 1 saturated heterocycles. The number of aliphatic hydroxyl groups is 1. The van der Waals surface area contributed by atoms with Crippen molar-refractivity contribution in [1.29, 1.82) is 0 Å². The summed E-state index contributed by atoms with van der Waals surface area (Å²) in [5.41, 5.74) is 5.07. The minimum Gasteiger partial charge on any atom is -0.399 e. The molecule has 0 aliphatic carbocycles. The highest BCUT2D eigenvalue weighted by molar-refractivity contribution is 5.95. The molecule has 7 heteroatoms. The molecular weight excluding hydrogens is 224 g/mol. The lowest BCUT2D eigenvalue weighted by atomic mass is 10.2. The lowest BCUT2D eigenvalue weighted by molar-refractivity contribution is -0.416. The number of likely N-dealkylation sites (tertiary alicyclic amines) is 1. The topological polar surface area (TPSA) is 105 Å². The third kappa shape index (κ3) is 3.42. The average molecular weight is 242 g/mol. The Morgan fingerprint density at radius 3 is 2.82 bits per heavy atom. The van der Waals surface area contributed by atoms with Gasteiger partial charge in [0.15, 0.2) is 0 Å². The first kappa shape index (κ1) is 13.4. The van der Waals surface area contributed by atoms with E-state index in [1.807, 2.05) is 0 Å². The van der Waals surface area contributed by atoms with Gasteiger partial charge >= 0.3 is 5.70 Å². The molecule has 1 fully saturated rings. The van der Waals surface area contributed by atoms with Crippen LogP contribution in [0.25, 0.3) is 0 Å². The maximum absolute atomic E-state index is 10.8. The van der Waals surface area contributed by atoms with Crippen molar-refractivity contribution in [1.82, 2.24) is 4.90 Å². The Bertz CT molecular complexity index is 340. The number of aliphatic imine (C=N–C) groups is 1. The van der Waals surface area contributed by atoms with E-state index in [1.165, 1.54) is 7.05 Å². The molecule has 0 spiro atoms. The van der Waals surface area contributed by atoms with Gasteiger partial charge in [-0.3, -0.25) is 15.1 Å². The summed E-state index contributed by atoms with van der Waals surface area (Å²) in [7, 11) is 1.50. The quantitative estimate of drug-likeness (QED) is 0.305. The summed E-state index contributed by atoms with van der Waals surface area (Å²) in [4.78, 5) is 16.0. The number of aliphatic hydroxyl groups excluding tert-OH is 1. The van der Waals surface area contributed by atoms with Crippen molar-refractivity contribution >= 4 is 5.84 Å². The molecule has 1 aliphatic heterocycles. The van der Waals surface area contributed by atoms with Crippen LogP contribution >= 0.6 is 0 Å². The predicted octanol–water partition coefficient (Wildman–Crippen LogP) is -0.0617. The SMILES string of the molecule is CN=C(/C(=C\N)[N+](=O)[O-])N1CCCC(O)CC1. The summed E-state index contributed by atoms with van der Waals surface area (Å²) in [6, 6.07) is 0. The second-order valence-corrected chi connectivity index (χ2v) is 3.93. The van der Waals surface area contributed by atoms with Crippen molar-refractivity contribution < 1.29 is 10.0 Å². The van der Waals surface area contributed by atoms with Crippen molar-refractivity contribution in [3.63, 3.8) is 0 Å². The van der Waals surface area contributed by atoms with Crippen LogP contribution in [-0.2, 0) is 0 Å². The minimum atomic E-state index is -0.538. The first-order valence-electron chi connectivity index (χ1n) is 5.56. The molecule has 96 valence electrons. The molecule has 0 aromatic rings. The highest BCUT2D eigenvalue weighted by Gasteiger charge is 2.26. The zero-order valence-corrected chi connectivity index (χ0v) is 9.87. The number of nitrogens with zero attached hydrogens (tertiary/aromatic N) is 3. The van der Waals surface area contributed by atoms with Crippen LogP contribution in [0.5, 0.6) is 0 Å². The third-order valence-corrected chi connectivity index (χ3v) is 2.79.